The van der Waals surface area contributed by atoms with Crippen molar-refractivity contribution in [1.29, 1.82) is 0 Å². The lowest BCUT2D eigenvalue weighted by molar-refractivity contribution is -0.115. The maximum absolute atomic E-state index is 12.3. The highest BCUT2D eigenvalue weighted by Gasteiger charge is 2.09. The molecule has 0 fully saturated rings. The average molecular weight is 414 g/mol. The van der Waals surface area contributed by atoms with E-state index >= 15 is 0 Å². The minimum absolute atomic E-state index is 0. The summed E-state index contributed by atoms with van der Waals surface area (Å²) in [6.07, 6.45) is 0.300. The van der Waals surface area contributed by atoms with Gasteiger partial charge >= 0.3 is 0 Å². The van der Waals surface area contributed by atoms with Crippen LogP contribution in [0.15, 0.2) is 48.5 Å². The second-order valence-corrected chi connectivity index (χ2v) is 5.84. The molecule has 0 saturated carbocycles. The molecule has 5 nitrogen and oxygen atoms in total. The van der Waals surface area contributed by atoms with E-state index in [1.165, 1.54) is 0 Å². The van der Waals surface area contributed by atoms with Crippen molar-refractivity contribution < 1.29 is 9.53 Å². The minimum atomic E-state index is -0.0791. The van der Waals surface area contributed by atoms with Crippen molar-refractivity contribution in [1.82, 2.24) is 4.90 Å². The van der Waals surface area contributed by atoms with Gasteiger partial charge in [-0.3, -0.25) is 4.79 Å². The molecule has 0 heterocycles. The van der Waals surface area contributed by atoms with E-state index in [4.69, 9.17) is 10.5 Å². The number of nitrogen functional groups attached to an aromatic ring is 1. The molecule has 0 aliphatic heterocycles. The first-order valence-corrected chi connectivity index (χ1v) is 8.70. The van der Waals surface area contributed by atoms with Gasteiger partial charge in [-0.15, -0.1) is 24.8 Å². The Morgan fingerprint density at radius 1 is 1.04 bits per heavy atom. The molecule has 0 radical (unpaired) electrons. The Morgan fingerprint density at radius 3 is 2.30 bits per heavy atom. The molecule has 0 spiro atoms. The number of nitrogens with zero attached hydrogens (tertiary/aromatic N) is 1. The van der Waals surface area contributed by atoms with Crippen molar-refractivity contribution in [2.24, 2.45) is 0 Å². The summed E-state index contributed by atoms with van der Waals surface area (Å²) in [7, 11) is 0. The SMILES string of the molecule is CCN(CC)CCOc1ccccc1NC(=O)Cc1ccc(N)cc1.Cl.Cl. The lowest BCUT2D eigenvalue weighted by atomic mass is 10.1. The lowest BCUT2D eigenvalue weighted by Crippen LogP contribution is -2.28. The molecule has 3 N–H and O–H groups in total. The summed E-state index contributed by atoms with van der Waals surface area (Å²) in [6.45, 7) is 7.72. The van der Waals surface area contributed by atoms with Gasteiger partial charge in [-0.05, 0) is 42.9 Å². The van der Waals surface area contributed by atoms with Gasteiger partial charge in [0.05, 0.1) is 12.1 Å². The quantitative estimate of drug-likeness (QED) is 0.609. The van der Waals surface area contributed by atoms with Gasteiger partial charge in [0, 0.05) is 12.2 Å². The Kier molecular flexibility index (Phi) is 12.3. The molecule has 0 bridgehead atoms. The predicted molar refractivity (Wildman–Crippen MR) is 117 cm³/mol. The molecule has 1 amide bonds. The molecule has 2 aromatic rings. The van der Waals surface area contributed by atoms with Crippen molar-refractivity contribution >= 4 is 42.1 Å². The largest absolute Gasteiger partial charge is 0.490 e. The van der Waals surface area contributed by atoms with Crippen LogP contribution < -0.4 is 15.8 Å². The molecule has 2 aromatic carbocycles. The zero-order valence-electron chi connectivity index (χ0n) is 15.8. The van der Waals surface area contributed by atoms with Gasteiger partial charge in [0.2, 0.25) is 5.91 Å². The molecule has 27 heavy (non-hydrogen) atoms. The highest BCUT2D eigenvalue weighted by molar-refractivity contribution is 5.93. The van der Waals surface area contributed by atoms with Crippen LogP contribution in [0, 0.1) is 0 Å². The van der Waals surface area contributed by atoms with E-state index < -0.39 is 0 Å². The second kappa shape index (κ2) is 13.3. The number of carbonyl (C=O) groups excluding carboxylic acids is 1. The second-order valence-electron chi connectivity index (χ2n) is 5.84. The first-order chi connectivity index (χ1) is 12.1. The molecule has 2 rings (SSSR count). The number of carbonyl (C=O) groups is 1. The van der Waals surface area contributed by atoms with Crippen LogP contribution in [-0.4, -0.2) is 37.0 Å². The van der Waals surface area contributed by atoms with E-state index in [-0.39, 0.29) is 30.7 Å². The summed E-state index contributed by atoms with van der Waals surface area (Å²) in [4.78, 5) is 14.6. The fraction of sp³-hybridized carbons (Fsp3) is 0.350. The molecule has 0 aliphatic rings. The number of likely N-dealkylation sites (N-methyl/N-ethyl adjacent to an activating group) is 1. The van der Waals surface area contributed by atoms with E-state index in [0.29, 0.717) is 30.2 Å². The van der Waals surface area contributed by atoms with Crippen molar-refractivity contribution in [3.63, 3.8) is 0 Å². The Morgan fingerprint density at radius 2 is 1.67 bits per heavy atom. The van der Waals surface area contributed by atoms with Crippen molar-refractivity contribution in [2.75, 3.05) is 37.3 Å². The summed E-state index contributed by atoms with van der Waals surface area (Å²) in [5, 5.41) is 2.93. The summed E-state index contributed by atoms with van der Waals surface area (Å²) in [6, 6.07) is 14.8. The van der Waals surface area contributed by atoms with Gasteiger partial charge in [0.15, 0.2) is 0 Å². The number of halogens is 2. The molecule has 0 atom stereocenters. The maximum atomic E-state index is 12.3. The number of hydrogen-bond donors (Lipinski definition) is 2. The normalized spacial score (nSPS) is 9.89. The van der Waals surface area contributed by atoms with Gasteiger partial charge in [0.25, 0.3) is 0 Å². The van der Waals surface area contributed by atoms with Crippen molar-refractivity contribution in [2.45, 2.75) is 20.3 Å². The van der Waals surface area contributed by atoms with E-state index in [1.54, 1.807) is 12.1 Å². The number of rotatable bonds is 9. The maximum Gasteiger partial charge on any atom is 0.228 e. The molecule has 0 unspecified atom stereocenters. The molecule has 0 aliphatic carbocycles. The lowest BCUT2D eigenvalue weighted by Gasteiger charge is -2.19. The van der Waals surface area contributed by atoms with Crippen LogP contribution in [0.3, 0.4) is 0 Å². The Hall–Kier alpha value is -1.95. The monoisotopic (exact) mass is 413 g/mol. The summed E-state index contributed by atoms with van der Waals surface area (Å²) >= 11 is 0. The molecule has 0 saturated heterocycles. The first kappa shape index (κ1) is 25.1. The Balaban J connectivity index is 0.00000338. The molecular weight excluding hydrogens is 385 g/mol. The number of nitrogens with two attached hydrogens (primary N) is 1. The van der Waals surface area contributed by atoms with Crippen molar-refractivity contribution in [3.8, 4) is 5.75 Å². The third-order valence-corrected chi connectivity index (χ3v) is 4.07. The molecular formula is C20H29Cl2N3O2. The molecule has 7 heteroatoms. The molecule has 150 valence electrons. The fourth-order valence-corrected chi connectivity index (χ4v) is 2.54. The van der Waals surface area contributed by atoms with Gasteiger partial charge in [0.1, 0.15) is 12.4 Å². The number of anilines is 2. The third kappa shape index (κ3) is 8.52. The predicted octanol–water partition coefficient (Wildman–Crippen LogP) is 4.01. The van der Waals surface area contributed by atoms with E-state index in [1.807, 2.05) is 36.4 Å². The van der Waals surface area contributed by atoms with Crippen LogP contribution in [0.5, 0.6) is 5.75 Å². The Bertz CT molecular complexity index is 677. The zero-order valence-corrected chi connectivity index (χ0v) is 17.4. The van der Waals surface area contributed by atoms with Gasteiger partial charge in [-0.25, -0.2) is 0 Å². The summed E-state index contributed by atoms with van der Waals surface area (Å²) in [5.41, 5.74) is 7.98. The van der Waals surface area contributed by atoms with Crippen LogP contribution in [0.1, 0.15) is 19.4 Å². The fourth-order valence-electron chi connectivity index (χ4n) is 2.54. The van der Waals surface area contributed by atoms with Crippen LogP contribution >= 0.6 is 24.8 Å². The minimum Gasteiger partial charge on any atom is -0.490 e. The van der Waals surface area contributed by atoms with Crippen LogP contribution in [0.2, 0.25) is 0 Å². The van der Waals surface area contributed by atoms with Crippen molar-refractivity contribution in [3.05, 3.63) is 54.1 Å². The molecule has 0 aromatic heterocycles. The highest BCUT2D eigenvalue weighted by atomic mass is 35.5. The van der Waals surface area contributed by atoms with E-state index in [2.05, 4.69) is 24.1 Å². The number of amides is 1. The first-order valence-electron chi connectivity index (χ1n) is 8.70. The smallest absolute Gasteiger partial charge is 0.228 e. The van der Waals surface area contributed by atoms with Crippen LogP contribution in [0.4, 0.5) is 11.4 Å². The number of para-hydroxylation sites is 2. The zero-order chi connectivity index (χ0) is 18.1. The van der Waals surface area contributed by atoms with Gasteiger partial charge in [-0.1, -0.05) is 38.1 Å². The Labute approximate surface area is 174 Å². The summed E-state index contributed by atoms with van der Waals surface area (Å²) in [5.74, 6) is 0.616. The van der Waals surface area contributed by atoms with Gasteiger partial charge in [-0.2, -0.15) is 0 Å². The number of ether oxygens (including phenoxy) is 1. The topological polar surface area (TPSA) is 67.6 Å². The summed E-state index contributed by atoms with van der Waals surface area (Å²) < 4.78 is 5.87. The number of hydrogen-bond acceptors (Lipinski definition) is 4. The van der Waals surface area contributed by atoms with E-state index in [9.17, 15) is 4.79 Å². The highest BCUT2D eigenvalue weighted by Crippen LogP contribution is 2.24. The van der Waals surface area contributed by atoms with Crippen LogP contribution in [-0.2, 0) is 11.2 Å². The van der Waals surface area contributed by atoms with Gasteiger partial charge < -0.3 is 20.7 Å². The number of benzene rings is 2. The van der Waals surface area contributed by atoms with E-state index in [0.717, 1.165) is 25.2 Å². The standard InChI is InChI=1S/C20H27N3O2.2ClH/c1-3-23(4-2)13-14-25-19-8-6-5-7-18(19)22-20(24)15-16-9-11-17(21)12-10-16;;/h5-12H,3-4,13-15,21H2,1-2H3,(H,22,24);2*1H. The van der Waals surface area contributed by atoms with Crippen LogP contribution in [0.25, 0.3) is 0 Å². The third-order valence-electron chi connectivity index (χ3n) is 4.07. The average Bonchev–Trinajstić information content (AvgIpc) is 2.62. The number of nitrogens with one attached hydrogen (secondary N) is 1.